The Labute approximate surface area is 113 Å². The molecular weight excluding hydrogens is 240 g/mol. The zero-order chi connectivity index (χ0) is 13.5. The summed E-state index contributed by atoms with van der Waals surface area (Å²) in [7, 11) is 1.44. The van der Waals surface area contributed by atoms with E-state index in [9.17, 15) is 4.79 Å². The molecule has 0 N–H and O–H groups in total. The van der Waals surface area contributed by atoms with Crippen LogP contribution in [0.15, 0.2) is 49.1 Å². The molecule has 0 spiro atoms. The molecule has 1 unspecified atom stereocenters. The second kappa shape index (κ2) is 6.83. The topological polar surface area (TPSA) is 36.2 Å². The summed E-state index contributed by atoms with van der Waals surface area (Å²) in [6, 6.07) is 7.70. The minimum atomic E-state index is -0.204. The zero-order valence-electron chi connectivity index (χ0n) is 11.2. The number of carbonyl (C=O) groups excluding carboxylic acids is 1. The monoisotopic (exact) mass is 260 g/mol. The van der Waals surface area contributed by atoms with E-state index in [1.165, 1.54) is 7.11 Å². The highest BCUT2D eigenvalue weighted by Crippen LogP contribution is 2.17. The number of aromatic nitrogens is 2. The van der Waals surface area contributed by atoms with Gasteiger partial charge in [-0.3, -0.25) is 0 Å². The number of rotatable bonds is 7. The van der Waals surface area contributed by atoms with Crippen LogP contribution in [0.2, 0.25) is 0 Å². The van der Waals surface area contributed by atoms with Crippen molar-refractivity contribution < 1.29 is 9.53 Å². The Hall–Kier alpha value is -1.97. The third kappa shape index (κ3) is 3.74. The van der Waals surface area contributed by atoms with Crippen LogP contribution < -0.4 is 0 Å². The standard InChI is InChI=1S/C15H20N2O2/c1-19-15(18)14(17-12-6-7-13-17)8-2-3-9-16-10-4-5-11-16/h4-7,10-14H,2-3,8-9H2,1H3. The minimum Gasteiger partial charge on any atom is -0.467 e. The molecule has 2 heterocycles. The summed E-state index contributed by atoms with van der Waals surface area (Å²) < 4.78 is 8.95. The van der Waals surface area contributed by atoms with E-state index in [1.807, 2.05) is 41.2 Å². The molecule has 0 saturated carbocycles. The fourth-order valence-electron chi connectivity index (χ4n) is 2.23. The molecule has 0 bridgehead atoms. The SMILES string of the molecule is COC(=O)C(CCCCn1cccc1)n1cccc1. The number of ether oxygens (including phenoxy) is 1. The number of hydrogen-bond donors (Lipinski definition) is 0. The number of nitrogens with zero attached hydrogens (tertiary/aromatic N) is 2. The highest BCUT2D eigenvalue weighted by atomic mass is 16.5. The fourth-order valence-corrected chi connectivity index (χ4v) is 2.23. The van der Waals surface area contributed by atoms with Crippen molar-refractivity contribution in [2.24, 2.45) is 0 Å². The molecule has 0 fully saturated rings. The molecule has 1 atom stereocenters. The van der Waals surface area contributed by atoms with Gasteiger partial charge in [0.25, 0.3) is 0 Å². The van der Waals surface area contributed by atoms with Gasteiger partial charge in [0.2, 0.25) is 0 Å². The third-order valence-corrected chi connectivity index (χ3v) is 3.27. The fraction of sp³-hybridized carbons (Fsp3) is 0.400. The summed E-state index contributed by atoms with van der Waals surface area (Å²) >= 11 is 0. The summed E-state index contributed by atoms with van der Waals surface area (Å²) in [6.07, 6.45) is 10.8. The van der Waals surface area contributed by atoms with Crippen molar-refractivity contribution in [2.45, 2.75) is 31.8 Å². The van der Waals surface area contributed by atoms with E-state index in [1.54, 1.807) is 0 Å². The molecule has 4 heteroatoms. The molecule has 4 nitrogen and oxygen atoms in total. The van der Waals surface area contributed by atoms with Gasteiger partial charge in [-0.15, -0.1) is 0 Å². The minimum absolute atomic E-state index is 0.169. The summed E-state index contributed by atoms with van der Waals surface area (Å²) in [5.41, 5.74) is 0. The van der Waals surface area contributed by atoms with Gasteiger partial charge in [0.1, 0.15) is 6.04 Å². The van der Waals surface area contributed by atoms with Crippen LogP contribution in [-0.2, 0) is 16.1 Å². The lowest BCUT2D eigenvalue weighted by atomic mass is 10.1. The first-order valence-corrected chi connectivity index (χ1v) is 6.62. The number of hydrogen-bond acceptors (Lipinski definition) is 2. The molecule has 0 aromatic carbocycles. The van der Waals surface area contributed by atoms with Gasteiger partial charge in [0.05, 0.1) is 7.11 Å². The summed E-state index contributed by atoms with van der Waals surface area (Å²) in [5.74, 6) is -0.169. The Kier molecular flexibility index (Phi) is 4.84. The third-order valence-electron chi connectivity index (χ3n) is 3.27. The predicted octanol–water partition coefficient (Wildman–Crippen LogP) is 2.87. The molecule has 0 amide bonds. The van der Waals surface area contributed by atoms with Crippen LogP contribution in [0.1, 0.15) is 25.3 Å². The first-order valence-electron chi connectivity index (χ1n) is 6.62. The number of esters is 1. The average molecular weight is 260 g/mol. The maximum atomic E-state index is 11.8. The second-order valence-corrected chi connectivity index (χ2v) is 4.59. The highest BCUT2D eigenvalue weighted by Gasteiger charge is 2.19. The van der Waals surface area contributed by atoms with Crippen molar-refractivity contribution >= 4 is 5.97 Å². The van der Waals surface area contributed by atoms with E-state index in [4.69, 9.17) is 4.74 Å². The van der Waals surface area contributed by atoms with Gasteiger partial charge in [0.15, 0.2) is 0 Å². The van der Waals surface area contributed by atoms with Crippen molar-refractivity contribution in [3.63, 3.8) is 0 Å². The Morgan fingerprint density at radius 2 is 1.68 bits per heavy atom. The quantitative estimate of drug-likeness (QED) is 0.567. The van der Waals surface area contributed by atoms with Crippen molar-refractivity contribution in [2.75, 3.05) is 7.11 Å². The van der Waals surface area contributed by atoms with Crippen LogP contribution in [-0.4, -0.2) is 22.2 Å². The van der Waals surface area contributed by atoms with Gasteiger partial charge >= 0.3 is 5.97 Å². The van der Waals surface area contributed by atoms with E-state index in [-0.39, 0.29) is 12.0 Å². The lowest BCUT2D eigenvalue weighted by molar-refractivity contribution is -0.144. The maximum Gasteiger partial charge on any atom is 0.328 e. The average Bonchev–Trinajstić information content (AvgIpc) is 3.10. The van der Waals surface area contributed by atoms with Crippen molar-refractivity contribution in [3.8, 4) is 0 Å². The molecule has 0 aliphatic carbocycles. The number of aryl methyl sites for hydroxylation is 1. The van der Waals surface area contributed by atoms with Gasteiger partial charge in [-0.1, -0.05) is 0 Å². The molecule has 0 aliphatic heterocycles. The summed E-state index contributed by atoms with van der Waals surface area (Å²) in [4.78, 5) is 11.8. The number of unbranched alkanes of at least 4 members (excludes halogenated alkanes) is 1. The molecule has 2 rings (SSSR count). The van der Waals surface area contributed by atoms with Crippen LogP contribution in [0.25, 0.3) is 0 Å². The first kappa shape index (κ1) is 13.5. The summed E-state index contributed by atoms with van der Waals surface area (Å²) in [5, 5.41) is 0. The smallest absolute Gasteiger partial charge is 0.328 e. The van der Waals surface area contributed by atoms with Crippen LogP contribution in [0.4, 0.5) is 0 Å². The van der Waals surface area contributed by atoms with Crippen LogP contribution in [0.3, 0.4) is 0 Å². The lowest BCUT2D eigenvalue weighted by Gasteiger charge is -2.16. The summed E-state index contributed by atoms with van der Waals surface area (Å²) in [6.45, 7) is 0.993. The van der Waals surface area contributed by atoms with E-state index in [0.29, 0.717) is 0 Å². The lowest BCUT2D eigenvalue weighted by Crippen LogP contribution is -2.19. The zero-order valence-corrected chi connectivity index (χ0v) is 11.2. The van der Waals surface area contributed by atoms with Crippen LogP contribution in [0, 0.1) is 0 Å². The van der Waals surface area contributed by atoms with E-state index in [2.05, 4.69) is 17.0 Å². The molecule has 2 aromatic rings. The second-order valence-electron chi connectivity index (χ2n) is 4.59. The largest absolute Gasteiger partial charge is 0.467 e. The molecular formula is C15H20N2O2. The molecule has 0 aliphatic rings. The molecule has 2 aromatic heterocycles. The van der Waals surface area contributed by atoms with Gasteiger partial charge < -0.3 is 13.9 Å². The van der Waals surface area contributed by atoms with E-state index < -0.39 is 0 Å². The van der Waals surface area contributed by atoms with Gasteiger partial charge in [-0.2, -0.15) is 0 Å². The Morgan fingerprint density at radius 1 is 1.05 bits per heavy atom. The van der Waals surface area contributed by atoms with Gasteiger partial charge in [0, 0.05) is 31.3 Å². The molecule has 0 saturated heterocycles. The Bertz CT molecular complexity index is 474. The van der Waals surface area contributed by atoms with E-state index >= 15 is 0 Å². The van der Waals surface area contributed by atoms with Gasteiger partial charge in [-0.05, 0) is 43.5 Å². The van der Waals surface area contributed by atoms with Crippen molar-refractivity contribution in [3.05, 3.63) is 49.1 Å². The van der Waals surface area contributed by atoms with E-state index in [0.717, 1.165) is 25.8 Å². The molecule has 102 valence electrons. The Morgan fingerprint density at radius 3 is 2.32 bits per heavy atom. The van der Waals surface area contributed by atoms with Crippen molar-refractivity contribution in [1.29, 1.82) is 0 Å². The van der Waals surface area contributed by atoms with Crippen LogP contribution in [0.5, 0.6) is 0 Å². The molecule has 19 heavy (non-hydrogen) atoms. The number of methoxy groups -OCH3 is 1. The molecule has 0 radical (unpaired) electrons. The predicted molar refractivity (Wildman–Crippen MR) is 73.8 cm³/mol. The van der Waals surface area contributed by atoms with Crippen molar-refractivity contribution in [1.82, 2.24) is 9.13 Å². The maximum absolute atomic E-state index is 11.8. The number of carbonyl (C=O) groups is 1. The normalized spacial score (nSPS) is 12.3. The van der Waals surface area contributed by atoms with Crippen LogP contribution >= 0.6 is 0 Å². The highest BCUT2D eigenvalue weighted by molar-refractivity contribution is 5.74. The van der Waals surface area contributed by atoms with Gasteiger partial charge in [-0.25, -0.2) is 4.79 Å². The Balaban J connectivity index is 1.82. The first-order chi connectivity index (χ1) is 9.31.